The van der Waals surface area contributed by atoms with Crippen LogP contribution < -0.4 is 10.5 Å². The maximum absolute atomic E-state index is 5.96. The van der Waals surface area contributed by atoms with Crippen LogP contribution in [0.3, 0.4) is 0 Å². The maximum atomic E-state index is 5.96. The van der Waals surface area contributed by atoms with Gasteiger partial charge in [0.2, 0.25) is 0 Å². The van der Waals surface area contributed by atoms with Crippen LogP contribution >= 0.6 is 39.9 Å². The molecule has 118 valence electrons. The number of hydrogen-bond donors (Lipinski definition) is 1. The smallest absolute Gasteiger partial charge is 0.191 e. The summed E-state index contributed by atoms with van der Waals surface area (Å²) in [6, 6.07) is 6.74. The number of guanidine groups is 1. The molecule has 0 atom stereocenters. The van der Waals surface area contributed by atoms with E-state index in [-0.39, 0.29) is 24.0 Å². The minimum Gasteiger partial charge on any atom is -0.496 e. The second-order valence-corrected chi connectivity index (χ2v) is 6.06. The normalized spacial score (nSPS) is 14.5. The molecule has 1 aliphatic carbocycles. The molecule has 21 heavy (non-hydrogen) atoms. The predicted molar refractivity (Wildman–Crippen MR) is 102 cm³/mol. The maximum Gasteiger partial charge on any atom is 0.191 e. The van der Waals surface area contributed by atoms with Gasteiger partial charge in [-0.1, -0.05) is 22.0 Å². The average molecular weight is 468 g/mol. The van der Waals surface area contributed by atoms with Gasteiger partial charge in [-0.2, -0.15) is 0 Å². The molecule has 0 unspecified atom stereocenters. The molecule has 0 saturated heterocycles. The van der Waals surface area contributed by atoms with Crippen LogP contribution in [0.5, 0.6) is 5.75 Å². The van der Waals surface area contributed by atoms with E-state index in [2.05, 4.69) is 31.9 Å². The molecule has 0 aliphatic heterocycles. The summed E-state index contributed by atoms with van der Waals surface area (Å²) in [7, 11) is 3.72. The summed E-state index contributed by atoms with van der Waals surface area (Å²) in [5.74, 6) is 1.58. The molecule has 0 aromatic heterocycles. The zero-order chi connectivity index (χ0) is 14.5. The molecule has 1 fully saturated rings. The number of methoxy groups -OCH3 is 1. The molecular weight excluding hydrogens is 445 g/mol. The summed E-state index contributed by atoms with van der Waals surface area (Å²) in [6.07, 6.45) is 4.39. The molecule has 0 spiro atoms. The quantitative estimate of drug-likeness (QED) is 0.302. The van der Waals surface area contributed by atoms with Crippen LogP contribution in [0.4, 0.5) is 0 Å². The van der Waals surface area contributed by atoms with E-state index in [0.717, 1.165) is 29.6 Å². The number of aryl methyl sites for hydroxylation is 1. The largest absolute Gasteiger partial charge is 0.496 e. The molecule has 0 amide bonds. The van der Waals surface area contributed by atoms with Crippen LogP contribution in [0.25, 0.3) is 0 Å². The van der Waals surface area contributed by atoms with Crippen molar-refractivity contribution in [1.82, 2.24) is 4.90 Å². The lowest BCUT2D eigenvalue weighted by atomic mass is 10.1. The van der Waals surface area contributed by atoms with E-state index in [1.807, 2.05) is 19.2 Å². The Labute approximate surface area is 152 Å². The number of nitrogens with zero attached hydrogens (tertiary/aromatic N) is 2. The highest BCUT2D eigenvalue weighted by Crippen LogP contribution is 2.25. The zero-order valence-corrected chi connectivity index (χ0v) is 16.4. The van der Waals surface area contributed by atoms with E-state index in [9.17, 15) is 0 Å². The molecule has 4 nitrogen and oxygen atoms in total. The number of aliphatic imine (C=N–C) groups is 1. The summed E-state index contributed by atoms with van der Waals surface area (Å²) in [6.45, 7) is 0.752. The summed E-state index contributed by atoms with van der Waals surface area (Å²) in [5, 5.41) is 0. The summed E-state index contributed by atoms with van der Waals surface area (Å²) >= 11 is 3.45. The minimum atomic E-state index is 0. The third-order valence-corrected chi connectivity index (χ3v) is 4.08. The molecular formula is C15H23BrIN3O. The first-order valence-electron chi connectivity index (χ1n) is 6.97. The summed E-state index contributed by atoms with van der Waals surface area (Å²) in [5.41, 5.74) is 7.17. The molecule has 0 bridgehead atoms. The van der Waals surface area contributed by atoms with Crippen molar-refractivity contribution in [2.75, 3.05) is 20.7 Å². The number of hydrogen-bond acceptors (Lipinski definition) is 2. The van der Waals surface area contributed by atoms with Crippen molar-refractivity contribution in [3.05, 3.63) is 28.2 Å². The highest BCUT2D eigenvalue weighted by atomic mass is 127. The molecule has 1 aromatic rings. The fourth-order valence-corrected chi connectivity index (χ4v) is 2.49. The topological polar surface area (TPSA) is 50.9 Å². The molecule has 1 aliphatic rings. The summed E-state index contributed by atoms with van der Waals surface area (Å²) < 4.78 is 6.42. The monoisotopic (exact) mass is 467 g/mol. The van der Waals surface area contributed by atoms with Gasteiger partial charge in [0.1, 0.15) is 5.75 Å². The van der Waals surface area contributed by atoms with Crippen LogP contribution in [-0.4, -0.2) is 37.6 Å². The van der Waals surface area contributed by atoms with E-state index in [0.29, 0.717) is 12.0 Å². The highest BCUT2D eigenvalue weighted by Gasteiger charge is 2.27. The van der Waals surface area contributed by atoms with Crippen molar-refractivity contribution in [2.45, 2.75) is 31.7 Å². The fraction of sp³-hybridized carbons (Fsp3) is 0.533. The second kappa shape index (κ2) is 8.82. The number of ether oxygens (including phenoxy) is 1. The third-order valence-electron chi connectivity index (χ3n) is 3.58. The minimum absolute atomic E-state index is 0. The Hall–Kier alpha value is -0.500. The van der Waals surface area contributed by atoms with Crippen LogP contribution in [-0.2, 0) is 6.42 Å². The van der Waals surface area contributed by atoms with Crippen LogP contribution in [0.15, 0.2) is 27.7 Å². The second-order valence-electron chi connectivity index (χ2n) is 5.14. The Morgan fingerprint density at radius 2 is 2.19 bits per heavy atom. The van der Waals surface area contributed by atoms with Gasteiger partial charge < -0.3 is 15.4 Å². The molecule has 6 heteroatoms. The van der Waals surface area contributed by atoms with Gasteiger partial charge in [0.25, 0.3) is 0 Å². The fourth-order valence-electron chi connectivity index (χ4n) is 2.15. The molecule has 2 N–H and O–H groups in total. The van der Waals surface area contributed by atoms with E-state index in [4.69, 9.17) is 10.5 Å². The summed E-state index contributed by atoms with van der Waals surface area (Å²) in [4.78, 5) is 6.53. The molecule has 0 heterocycles. The SMILES string of the molecule is COc1cc(Br)ccc1CCCN=C(N)N(C)C1CC1.I. The molecule has 1 saturated carbocycles. The molecule has 1 aromatic carbocycles. The van der Waals surface area contributed by atoms with Crippen molar-refractivity contribution in [3.63, 3.8) is 0 Å². The third kappa shape index (κ3) is 5.65. The number of benzene rings is 1. The average Bonchev–Trinajstić information content (AvgIpc) is 3.28. The van der Waals surface area contributed by atoms with Crippen molar-refractivity contribution >= 4 is 45.9 Å². The first kappa shape index (κ1) is 18.5. The Balaban J connectivity index is 0.00000220. The Morgan fingerprint density at radius 1 is 1.48 bits per heavy atom. The van der Waals surface area contributed by atoms with Crippen LogP contribution in [0.2, 0.25) is 0 Å². The van der Waals surface area contributed by atoms with Gasteiger partial charge in [-0.25, -0.2) is 0 Å². The standard InChI is InChI=1S/C15H22BrN3O.HI/c1-19(13-7-8-13)15(17)18-9-3-4-11-5-6-12(16)10-14(11)20-2;/h5-6,10,13H,3-4,7-9H2,1-2H3,(H2,17,18);1H. The number of nitrogens with two attached hydrogens (primary N) is 1. The van der Waals surface area contributed by atoms with Gasteiger partial charge in [0, 0.05) is 24.1 Å². The van der Waals surface area contributed by atoms with Gasteiger partial charge in [-0.3, -0.25) is 4.99 Å². The lowest BCUT2D eigenvalue weighted by Crippen LogP contribution is -2.35. The van der Waals surface area contributed by atoms with Gasteiger partial charge >= 0.3 is 0 Å². The van der Waals surface area contributed by atoms with Crippen molar-refractivity contribution < 1.29 is 4.74 Å². The lowest BCUT2D eigenvalue weighted by Gasteiger charge is -2.16. The first-order valence-corrected chi connectivity index (χ1v) is 7.76. The van der Waals surface area contributed by atoms with Gasteiger partial charge in [-0.15, -0.1) is 24.0 Å². The first-order chi connectivity index (χ1) is 9.61. The molecule has 2 rings (SSSR count). The Kier molecular flexibility index (Phi) is 7.79. The van der Waals surface area contributed by atoms with E-state index in [1.54, 1.807) is 7.11 Å². The number of halogens is 2. The number of rotatable bonds is 6. The van der Waals surface area contributed by atoms with Crippen molar-refractivity contribution in [3.8, 4) is 5.75 Å². The van der Waals surface area contributed by atoms with E-state index < -0.39 is 0 Å². The lowest BCUT2D eigenvalue weighted by molar-refractivity contribution is 0.409. The van der Waals surface area contributed by atoms with Crippen LogP contribution in [0, 0.1) is 0 Å². The molecule has 0 radical (unpaired) electrons. The van der Waals surface area contributed by atoms with Crippen molar-refractivity contribution in [1.29, 1.82) is 0 Å². The van der Waals surface area contributed by atoms with Crippen LogP contribution in [0.1, 0.15) is 24.8 Å². The van der Waals surface area contributed by atoms with E-state index in [1.165, 1.54) is 18.4 Å². The Bertz CT molecular complexity index is 492. The Morgan fingerprint density at radius 3 is 2.81 bits per heavy atom. The van der Waals surface area contributed by atoms with Crippen molar-refractivity contribution in [2.24, 2.45) is 10.7 Å². The highest BCUT2D eigenvalue weighted by molar-refractivity contribution is 14.0. The zero-order valence-electron chi connectivity index (χ0n) is 12.5. The van der Waals surface area contributed by atoms with E-state index >= 15 is 0 Å². The van der Waals surface area contributed by atoms with Gasteiger partial charge in [-0.05, 0) is 43.4 Å². The van der Waals surface area contributed by atoms with Gasteiger partial charge in [0.15, 0.2) is 5.96 Å². The predicted octanol–water partition coefficient (Wildman–Crippen LogP) is 3.42. The van der Waals surface area contributed by atoms with Gasteiger partial charge in [0.05, 0.1) is 7.11 Å².